The third-order valence-corrected chi connectivity index (χ3v) is 4.08. The van der Waals surface area contributed by atoms with E-state index >= 15 is 0 Å². The van der Waals surface area contributed by atoms with E-state index in [1.165, 1.54) is 7.11 Å². The van der Waals surface area contributed by atoms with Crippen LogP contribution >= 0.6 is 0 Å². The molecule has 0 unspecified atom stereocenters. The number of hydrogen-bond donors (Lipinski definition) is 1. The molecule has 1 aliphatic heterocycles. The van der Waals surface area contributed by atoms with E-state index in [0.29, 0.717) is 47.3 Å². The summed E-state index contributed by atoms with van der Waals surface area (Å²) in [4.78, 5) is 12.5. The Hall–Kier alpha value is -3.75. The van der Waals surface area contributed by atoms with Crippen molar-refractivity contribution in [3.05, 3.63) is 42.0 Å². The van der Waals surface area contributed by atoms with Crippen LogP contribution in [0.4, 0.5) is 6.01 Å². The molecular formula is C19H17N3O6. The van der Waals surface area contributed by atoms with Crippen LogP contribution in [0.3, 0.4) is 0 Å². The lowest BCUT2D eigenvalue weighted by molar-refractivity contribution is 0.102. The van der Waals surface area contributed by atoms with Crippen molar-refractivity contribution >= 4 is 11.9 Å². The molecule has 1 N–H and O–H groups in total. The van der Waals surface area contributed by atoms with E-state index in [1.54, 1.807) is 43.5 Å². The second kappa shape index (κ2) is 7.47. The lowest BCUT2D eigenvalue weighted by atomic mass is 10.2. The minimum Gasteiger partial charge on any atom is -0.493 e. The molecule has 0 bridgehead atoms. The van der Waals surface area contributed by atoms with Gasteiger partial charge >= 0.3 is 6.01 Å². The topological polar surface area (TPSA) is 105 Å². The van der Waals surface area contributed by atoms with Gasteiger partial charge in [-0.3, -0.25) is 10.1 Å². The second-order valence-corrected chi connectivity index (χ2v) is 5.79. The van der Waals surface area contributed by atoms with Gasteiger partial charge < -0.3 is 23.4 Å². The Balaban J connectivity index is 1.51. The Morgan fingerprint density at radius 1 is 0.964 bits per heavy atom. The monoisotopic (exact) mass is 383 g/mol. The maximum Gasteiger partial charge on any atom is 0.322 e. The molecule has 1 aliphatic rings. The first-order chi connectivity index (χ1) is 13.7. The standard InChI is InChI=1S/C19H17N3O6/c1-24-13-5-4-12(10-15(13)25-2)18-21-22-19(28-18)20-17(23)11-3-6-14-16(9-11)27-8-7-26-14/h3-6,9-10H,7-8H2,1-2H3,(H,20,22,23). The molecule has 144 valence electrons. The molecule has 0 radical (unpaired) electrons. The number of benzene rings is 2. The number of aromatic nitrogens is 2. The highest BCUT2D eigenvalue weighted by Crippen LogP contribution is 2.33. The number of ether oxygens (including phenoxy) is 4. The van der Waals surface area contributed by atoms with Crippen LogP contribution in [0, 0.1) is 0 Å². The number of nitrogens with one attached hydrogen (secondary N) is 1. The average molecular weight is 383 g/mol. The van der Waals surface area contributed by atoms with E-state index in [2.05, 4.69) is 15.5 Å². The summed E-state index contributed by atoms with van der Waals surface area (Å²) < 4.78 is 26.9. The fourth-order valence-corrected chi connectivity index (χ4v) is 2.71. The number of anilines is 1. The summed E-state index contributed by atoms with van der Waals surface area (Å²) in [5.41, 5.74) is 1.01. The van der Waals surface area contributed by atoms with E-state index in [-0.39, 0.29) is 11.9 Å². The summed E-state index contributed by atoms with van der Waals surface area (Å²) >= 11 is 0. The van der Waals surface area contributed by atoms with Crippen LogP contribution < -0.4 is 24.3 Å². The van der Waals surface area contributed by atoms with Crippen LogP contribution in [0.5, 0.6) is 23.0 Å². The number of carbonyl (C=O) groups is 1. The molecule has 28 heavy (non-hydrogen) atoms. The minimum absolute atomic E-state index is 0.0235. The summed E-state index contributed by atoms with van der Waals surface area (Å²) in [6, 6.07) is 10.1. The van der Waals surface area contributed by atoms with Crippen molar-refractivity contribution in [2.24, 2.45) is 0 Å². The van der Waals surface area contributed by atoms with Gasteiger partial charge in [-0.25, -0.2) is 0 Å². The Morgan fingerprint density at radius 2 is 1.75 bits per heavy atom. The van der Waals surface area contributed by atoms with Gasteiger partial charge in [0.05, 0.1) is 14.2 Å². The van der Waals surface area contributed by atoms with E-state index in [1.807, 2.05) is 0 Å². The van der Waals surface area contributed by atoms with Gasteiger partial charge in [0.25, 0.3) is 5.91 Å². The predicted octanol–water partition coefficient (Wildman–Crippen LogP) is 2.78. The number of fused-ring (bicyclic) bond motifs is 1. The van der Waals surface area contributed by atoms with Gasteiger partial charge in [-0.2, -0.15) is 0 Å². The summed E-state index contributed by atoms with van der Waals surface area (Å²) in [5, 5.41) is 10.4. The molecule has 1 amide bonds. The number of nitrogens with zero attached hydrogens (tertiary/aromatic N) is 2. The first-order valence-corrected chi connectivity index (χ1v) is 8.45. The third-order valence-electron chi connectivity index (χ3n) is 4.08. The lowest BCUT2D eigenvalue weighted by Crippen LogP contribution is -2.17. The molecule has 0 saturated heterocycles. The SMILES string of the molecule is COc1ccc(-c2nnc(NC(=O)c3ccc4c(c3)OCCO4)o2)cc1OC. The number of hydrogen-bond acceptors (Lipinski definition) is 8. The number of rotatable bonds is 5. The van der Waals surface area contributed by atoms with Crippen LogP contribution in [-0.4, -0.2) is 43.5 Å². The van der Waals surface area contributed by atoms with Crippen molar-refractivity contribution in [3.63, 3.8) is 0 Å². The quantitative estimate of drug-likeness (QED) is 0.717. The molecule has 0 fully saturated rings. The number of amides is 1. The van der Waals surface area contributed by atoms with Crippen molar-refractivity contribution in [3.8, 4) is 34.5 Å². The third kappa shape index (κ3) is 3.41. The largest absolute Gasteiger partial charge is 0.493 e. The smallest absolute Gasteiger partial charge is 0.322 e. The molecule has 0 spiro atoms. The van der Waals surface area contributed by atoms with Gasteiger partial charge in [0.2, 0.25) is 5.89 Å². The van der Waals surface area contributed by atoms with E-state index in [9.17, 15) is 4.79 Å². The summed E-state index contributed by atoms with van der Waals surface area (Å²) in [7, 11) is 3.09. The molecular weight excluding hydrogens is 366 g/mol. The molecule has 1 aromatic heterocycles. The molecule has 2 heterocycles. The van der Waals surface area contributed by atoms with Crippen molar-refractivity contribution in [1.82, 2.24) is 10.2 Å². The first-order valence-electron chi connectivity index (χ1n) is 8.45. The molecule has 2 aromatic carbocycles. The van der Waals surface area contributed by atoms with Crippen molar-refractivity contribution < 1.29 is 28.2 Å². The summed E-state index contributed by atoms with van der Waals surface area (Å²) in [5.74, 6) is 2.07. The van der Waals surface area contributed by atoms with Crippen LogP contribution in [0.2, 0.25) is 0 Å². The Labute approximate surface area is 160 Å². The highest BCUT2D eigenvalue weighted by molar-refractivity contribution is 6.03. The normalized spacial score (nSPS) is 12.4. The number of methoxy groups -OCH3 is 2. The predicted molar refractivity (Wildman–Crippen MR) is 98.2 cm³/mol. The highest BCUT2D eigenvalue weighted by atomic mass is 16.6. The van der Waals surface area contributed by atoms with Crippen LogP contribution in [-0.2, 0) is 0 Å². The van der Waals surface area contributed by atoms with Gasteiger partial charge in [-0.15, -0.1) is 5.10 Å². The molecule has 0 saturated carbocycles. The maximum absolute atomic E-state index is 12.5. The highest BCUT2D eigenvalue weighted by Gasteiger charge is 2.18. The zero-order valence-electron chi connectivity index (χ0n) is 15.2. The fourth-order valence-electron chi connectivity index (χ4n) is 2.71. The van der Waals surface area contributed by atoms with Crippen molar-refractivity contribution in [2.75, 3.05) is 32.8 Å². The lowest BCUT2D eigenvalue weighted by Gasteiger charge is -2.18. The number of carbonyl (C=O) groups excluding carboxylic acids is 1. The zero-order valence-corrected chi connectivity index (χ0v) is 15.2. The second-order valence-electron chi connectivity index (χ2n) is 5.79. The zero-order chi connectivity index (χ0) is 19.5. The average Bonchev–Trinajstić information content (AvgIpc) is 3.21. The summed E-state index contributed by atoms with van der Waals surface area (Å²) in [6.45, 7) is 0.926. The molecule has 3 aromatic rings. The van der Waals surface area contributed by atoms with Gasteiger partial charge in [0.1, 0.15) is 13.2 Å². The van der Waals surface area contributed by atoms with Gasteiger partial charge in [0, 0.05) is 11.1 Å². The van der Waals surface area contributed by atoms with Gasteiger partial charge in [-0.05, 0) is 36.4 Å². The Bertz CT molecular complexity index is 1020. The van der Waals surface area contributed by atoms with Gasteiger partial charge in [-0.1, -0.05) is 5.10 Å². The molecule has 9 heteroatoms. The molecule has 0 atom stereocenters. The van der Waals surface area contributed by atoms with Gasteiger partial charge in [0.15, 0.2) is 23.0 Å². The van der Waals surface area contributed by atoms with E-state index in [0.717, 1.165) is 0 Å². The Morgan fingerprint density at radius 3 is 2.54 bits per heavy atom. The van der Waals surface area contributed by atoms with E-state index < -0.39 is 5.91 Å². The van der Waals surface area contributed by atoms with Crippen molar-refractivity contribution in [2.45, 2.75) is 0 Å². The van der Waals surface area contributed by atoms with Crippen LogP contribution in [0.15, 0.2) is 40.8 Å². The molecule has 4 rings (SSSR count). The molecule has 9 nitrogen and oxygen atoms in total. The minimum atomic E-state index is -0.403. The van der Waals surface area contributed by atoms with E-state index in [4.69, 9.17) is 23.4 Å². The summed E-state index contributed by atoms with van der Waals surface area (Å²) in [6.07, 6.45) is 0. The van der Waals surface area contributed by atoms with Crippen LogP contribution in [0.1, 0.15) is 10.4 Å². The Kier molecular flexibility index (Phi) is 4.71. The van der Waals surface area contributed by atoms with Crippen LogP contribution in [0.25, 0.3) is 11.5 Å². The fraction of sp³-hybridized carbons (Fsp3) is 0.211. The maximum atomic E-state index is 12.5. The molecule has 0 aliphatic carbocycles. The van der Waals surface area contributed by atoms with Crippen molar-refractivity contribution in [1.29, 1.82) is 0 Å². The first kappa shape index (κ1) is 17.7.